The van der Waals surface area contributed by atoms with Crippen molar-refractivity contribution in [3.05, 3.63) is 76.7 Å². The number of rotatable bonds is 7. The third-order valence-corrected chi connectivity index (χ3v) is 7.10. The maximum absolute atomic E-state index is 14.0. The van der Waals surface area contributed by atoms with E-state index in [0.717, 1.165) is 16.2 Å². The lowest BCUT2D eigenvalue weighted by atomic mass is 10.1. The first-order chi connectivity index (χ1) is 20.7. The number of aryl methyl sites for hydroxylation is 1. The van der Waals surface area contributed by atoms with Gasteiger partial charge in [-0.1, -0.05) is 17.7 Å². The van der Waals surface area contributed by atoms with Crippen molar-refractivity contribution in [3.63, 3.8) is 0 Å². The second-order valence-electron chi connectivity index (χ2n) is 9.82. The van der Waals surface area contributed by atoms with Gasteiger partial charge in [-0.2, -0.15) is 5.26 Å². The summed E-state index contributed by atoms with van der Waals surface area (Å²) < 4.78 is 44.9. The van der Waals surface area contributed by atoms with Gasteiger partial charge in [0, 0.05) is 43.0 Å². The topological polar surface area (TPSA) is 122 Å². The second kappa shape index (κ2) is 12.6. The molecule has 2 aromatic carbocycles. The smallest absolute Gasteiger partial charge is 0.415 e. The Kier molecular flexibility index (Phi) is 8.75. The van der Waals surface area contributed by atoms with Gasteiger partial charge in [0.15, 0.2) is 11.5 Å². The number of nitrogens with zero attached hydrogens (tertiary/aromatic N) is 4. The minimum absolute atomic E-state index is 0.00800. The molecule has 13 heteroatoms. The predicted molar refractivity (Wildman–Crippen MR) is 156 cm³/mol. The van der Waals surface area contributed by atoms with Gasteiger partial charge < -0.3 is 29.7 Å². The summed E-state index contributed by atoms with van der Waals surface area (Å²) in [6.07, 6.45) is 2.12. The van der Waals surface area contributed by atoms with E-state index in [1.807, 2.05) is 19.1 Å². The number of amides is 1. The molecule has 4 aromatic rings. The van der Waals surface area contributed by atoms with E-state index in [1.165, 1.54) is 19.4 Å². The Bertz CT molecular complexity index is 1710. The molecule has 1 amide bonds. The molecule has 1 aliphatic rings. The van der Waals surface area contributed by atoms with Crippen molar-refractivity contribution in [2.75, 3.05) is 38.6 Å². The lowest BCUT2D eigenvalue weighted by molar-refractivity contribution is -0.0143. The molecule has 0 radical (unpaired) electrons. The zero-order valence-corrected chi connectivity index (χ0v) is 24.0. The number of anilines is 2. The van der Waals surface area contributed by atoms with Crippen LogP contribution in [0, 0.1) is 18.3 Å². The first kappa shape index (κ1) is 29.8. The van der Waals surface area contributed by atoms with Gasteiger partial charge in [-0.15, -0.1) is 0 Å². The van der Waals surface area contributed by atoms with Gasteiger partial charge in [0.2, 0.25) is 0 Å². The Morgan fingerprint density at radius 3 is 2.81 bits per heavy atom. The highest BCUT2D eigenvalue weighted by Crippen LogP contribution is 2.39. The summed E-state index contributed by atoms with van der Waals surface area (Å²) in [5.74, 6) is -2.43. The molecular formula is C30H27ClF2N6O4. The van der Waals surface area contributed by atoms with Gasteiger partial charge in [0.1, 0.15) is 18.4 Å². The monoisotopic (exact) mass is 608 g/mol. The van der Waals surface area contributed by atoms with Crippen LogP contribution in [-0.4, -0.2) is 60.2 Å². The lowest BCUT2D eigenvalue weighted by Gasteiger charge is -2.23. The number of hydrogen-bond acceptors (Lipinski definition) is 9. The van der Waals surface area contributed by atoms with E-state index in [4.69, 9.17) is 25.8 Å². The van der Waals surface area contributed by atoms with Gasteiger partial charge in [-0.05, 0) is 36.8 Å². The largest absolute Gasteiger partial charge is 0.493 e. The number of halogens is 3. The molecule has 1 aliphatic heterocycles. The summed E-state index contributed by atoms with van der Waals surface area (Å²) in [6, 6.07) is 14.0. The van der Waals surface area contributed by atoms with E-state index in [-0.39, 0.29) is 36.8 Å². The predicted octanol–water partition coefficient (Wildman–Crippen LogP) is 5.83. The van der Waals surface area contributed by atoms with Gasteiger partial charge in [0.05, 0.1) is 53.4 Å². The molecule has 0 saturated carbocycles. The third-order valence-electron chi connectivity index (χ3n) is 6.79. The number of carbonyl (C=O) groups excluding carboxylic acids is 1. The number of nitrogens with one attached hydrogen (secondary N) is 2. The van der Waals surface area contributed by atoms with Crippen LogP contribution in [0.3, 0.4) is 0 Å². The van der Waals surface area contributed by atoms with E-state index in [1.54, 1.807) is 30.5 Å². The third kappa shape index (κ3) is 6.85. The number of methoxy groups -OCH3 is 1. The highest BCUT2D eigenvalue weighted by Gasteiger charge is 2.36. The van der Waals surface area contributed by atoms with Crippen molar-refractivity contribution in [2.45, 2.75) is 19.5 Å². The summed E-state index contributed by atoms with van der Waals surface area (Å²) in [5.41, 5.74) is 3.28. The zero-order valence-electron chi connectivity index (χ0n) is 23.3. The van der Waals surface area contributed by atoms with E-state index in [0.29, 0.717) is 33.0 Å². The highest BCUT2D eigenvalue weighted by molar-refractivity contribution is 6.33. The van der Waals surface area contributed by atoms with E-state index in [2.05, 4.69) is 26.7 Å². The van der Waals surface area contributed by atoms with Crippen LogP contribution in [0.25, 0.3) is 10.9 Å². The Balaban J connectivity index is 1.40. The first-order valence-electron chi connectivity index (χ1n) is 13.2. The Hall–Kier alpha value is -4.73. The fraction of sp³-hybridized carbons (Fsp3) is 0.267. The average molecular weight is 609 g/mol. The molecule has 43 heavy (non-hydrogen) atoms. The standard InChI is InChI=1S/C30H27ClF2N6O4/c1-18-4-3-7-36-25(18)15-42-20-5-6-23(22(31)10-20)38-28-19(13-34)14-37-24-12-27(26(41-2)11-21(24)28)43-29(40)39-9-8-35-16-30(32,33)17-39/h3-7,10-12,14,35H,8-9,15-17H2,1-2H3,(H,37,38). The quantitative estimate of drug-likeness (QED) is 0.267. The maximum atomic E-state index is 14.0. The van der Waals surface area contributed by atoms with Crippen molar-refractivity contribution in [2.24, 2.45) is 0 Å². The van der Waals surface area contributed by atoms with Crippen molar-refractivity contribution in [3.8, 4) is 23.3 Å². The molecule has 2 N–H and O–H groups in total. The number of carbonyl (C=O) groups is 1. The van der Waals surface area contributed by atoms with Gasteiger partial charge in [-0.3, -0.25) is 9.97 Å². The molecule has 0 spiro atoms. The molecule has 10 nitrogen and oxygen atoms in total. The fourth-order valence-electron chi connectivity index (χ4n) is 4.52. The van der Waals surface area contributed by atoms with Crippen molar-refractivity contribution in [1.29, 1.82) is 5.26 Å². The summed E-state index contributed by atoms with van der Waals surface area (Å²) in [7, 11) is 1.37. The summed E-state index contributed by atoms with van der Waals surface area (Å²) in [6.45, 7) is 1.17. The van der Waals surface area contributed by atoms with E-state index in [9.17, 15) is 18.8 Å². The van der Waals surface area contributed by atoms with Crippen LogP contribution in [0.2, 0.25) is 5.02 Å². The minimum Gasteiger partial charge on any atom is -0.493 e. The van der Waals surface area contributed by atoms with Crippen molar-refractivity contribution >= 4 is 40.0 Å². The van der Waals surface area contributed by atoms with E-state index < -0.39 is 25.1 Å². The number of fused-ring (bicyclic) bond motifs is 1. The molecule has 0 atom stereocenters. The molecule has 3 heterocycles. The molecule has 2 aromatic heterocycles. The minimum atomic E-state index is -3.09. The number of alkyl halides is 2. The Morgan fingerprint density at radius 2 is 2.07 bits per heavy atom. The fourth-order valence-corrected chi connectivity index (χ4v) is 4.73. The van der Waals surface area contributed by atoms with Crippen LogP contribution in [0.15, 0.2) is 54.9 Å². The summed E-state index contributed by atoms with van der Waals surface area (Å²) in [4.78, 5) is 22.4. The van der Waals surface area contributed by atoms with Crippen LogP contribution < -0.4 is 24.8 Å². The number of hydrogen-bond donors (Lipinski definition) is 2. The van der Waals surface area contributed by atoms with Crippen molar-refractivity contribution in [1.82, 2.24) is 20.2 Å². The molecule has 1 saturated heterocycles. The Labute approximate surface area is 251 Å². The lowest BCUT2D eigenvalue weighted by Crippen LogP contribution is -2.42. The first-order valence-corrected chi connectivity index (χ1v) is 13.6. The molecule has 0 aliphatic carbocycles. The summed E-state index contributed by atoms with van der Waals surface area (Å²) in [5, 5.41) is 16.4. The van der Waals surface area contributed by atoms with Gasteiger partial charge >= 0.3 is 6.09 Å². The van der Waals surface area contributed by atoms with Gasteiger partial charge in [0.25, 0.3) is 5.92 Å². The molecule has 0 bridgehead atoms. The number of benzene rings is 2. The number of ether oxygens (including phenoxy) is 3. The number of nitriles is 1. The van der Waals surface area contributed by atoms with Crippen LogP contribution in [0.5, 0.6) is 17.2 Å². The normalized spacial score (nSPS) is 14.5. The van der Waals surface area contributed by atoms with Crippen molar-refractivity contribution < 1.29 is 27.8 Å². The molecule has 0 unspecified atom stereocenters. The SMILES string of the molecule is COc1cc2c(Nc3ccc(OCc4ncccc4C)cc3Cl)c(C#N)cnc2cc1OC(=O)N1CCNCC(F)(F)C1. The molecule has 1 fully saturated rings. The second-order valence-corrected chi connectivity index (χ2v) is 10.2. The average Bonchev–Trinajstić information content (AvgIpc) is 3.18. The van der Waals surface area contributed by atoms with Crippen LogP contribution in [0.4, 0.5) is 25.0 Å². The molecular weight excluding hydrogens is 582 g/mol. The highest BCUT2D eigenvalue weighted by atomic mass is 35.5. The Morgan fingerprint density at radius 1 is 1.23 bits per heavy atom. The molecule has 222 valence electrons. The number of pyridine rings is 2. The van der Waals surface area contributed by atoms with E-state index >= 15 is 0 Å². The van der Waals surface area contributed by atoms with Gasteiger partial charge in [-0.25, -0.2) is 13.6 Å². The number of aromatic nitrogens is 2. The van der Waals surface area contributed by atoms with Crippen LogP contribution >= 0.6 is 11.6 Å². The maximum Gasteiger partial charge on any atom is 0.415 e. The zero-order chi connectivity index (χ0) is 30.6. The summed E-state index contributed by atoms with van der Waals surface area (Å²) >= 11 is 6.58. The molecule has 5 rings (SSSR count). The van der Waals surface area contributed by atoms with Crippen LogP contribution in [0.1, 0.15) is 16.8 Å². The van der Waals surface area contributed by atoms with Crippen LogP contribution in [-0.2, 0) is 6.61 Å².